The molecule has 1 heterocycles. The molecule has 0 spiro atoms. The van der Waals surface area contributed by atoms with Gasteiger partial charge in [0, 0.05) is 5.56 Å². The molecule has 0 saturated heterocycles. The first kappa shape index (κ1) is 20.0. The normalized spacial score (nSPS) is 12.0. The molecule has 1 atom stereocenters. The van der Waals surface area contributed by atoms with Gasteiger partial charge >= 0.3 is 0 Å². The van der Waals surface area contributed by atoms with Gasteiger partial charge in [-0.2, -0.15) is 4.68 Å². The van der Waals surface area contributed by atoms with Gasteiger partial charge in [-0.25, -0.2) is 4.39 Å². The quantitative estimate of drug-likeness (QED) is 0.321. The van der Waals surface area contributed by atoms with Crippen molar-refractivity contribution in [3.8, 4) is 5.69 Å². The number of ketones is 1. The van der Waals surface area contributed by atoms with Crippen molar-refractivity contribution in [1.29, 1.82) is 0 Å². The summed E-state index contributed by atoms with van der Waals surface area (Å²) < 4.78 is 15.1. The van der Waals surface area contributed by atoms with Gasteiger partial charge in [-0.05, 0) is 48.0 Å². The van der Waals surface area contributed by atoms with Gasteiger partial charge in [0.05, 0.1) is 5.69 Å². The Morgan fingerprint density at radius 3 is 2.30 bits per heavy atom. The van der Waals surface area contributed by atoms with Gasteiger partial charge in [0.1, 0.15) is 11.1 Å². The number of nitrogens with zero attached hydrogens (tertiary/aromatic N) is 4. The van der Waals surface area contributed by atoms with Gasteiger partial charge < -0.3 is 0 Å². The van der Waals surface area contributed by atoms with E-state index in [1.54, 1.807) is 12.1 Å². The predicted molar refractivity (Wildman–Crippen MR) is 114 cm³/mol. The number of thioether (sulfide) groups is 1. The maximum atomic E-state index is 13.7. The largest absolute Gasteiger partial charge is 0.293 e. The van der Waals surface area contributed by atoms with Crippen molar-refractivity contribution < 1.29 is 9.18 Å². The zero-order valence-electron chi connectivity index (χ0n) is 16.5. The molecule has 1 unspecified atom stereocenters. The van der Waals surface area contributed by atoms with E-state index < -0.39 is 5.25 Å². The Morgan fingerprint density at radius 2 is 1.63 bits per heavy atom. The van der Waals surface area contributed by atoms with Crippen LogP contribution in [0.3, 0.4) is 0 Å². The Hall–Kier alpha value is -3.32. The van der Waals surface area contributed by atoms with Crippen molar-refractivity contribution in [1.82, 2.24) is 20.2 Å². The number of Topliss-reactive ketones (excluding diaryl/α,β-unsaturated/α-hetero) is 1. The highest BCUT2D eigenvalue weighted by Crippen LogP contribution is 2.37. The number of carbonyl (C=O) groups excluding carboxylic acids is 1. The van der Waals surface area contributed by atoms with Crippen molar-refractivity contribution in [2.75, 3.05) is 0 Å². The van der Waals surface area contributed by atoms with Gasteiger partial charge in [-0.3, -0.25) is 4.79 Å². The summed E-state index contributed by atoms with van der Waals surface area (Å²) in [7, 11) is 0. The van der Waals surface area contributed by atoms with Crippen molar-refractivity contribution in [2.45, 2.75) is 24.3 Å². The van der Waals surface area contributed by atoms with Crippen LogP contribution in [0, 0.1) is 19.7 Å². The highest BCUT2D eigenvalue weighted by Gasteiger charge is 2.26. The van der Waals surface area contributed by atoms with Crippen LogP contribution in [0.4, 0.5) is 4.39 Å². The second kappa shape index (κ2) is 8.59. The van der Waals surface area contributed by atoms with E-state index >= 15 is 0 Å². The van der Waals surface area contributed by atoms with E-state index in [-0.39, 0.29) is 11.6 Å². The van der Waals surface area contributed by atoms with E-state index in [1.807, 2.05) is 62.4 Å². The fourth-order valence-electron chi connectivity index (χ4n) is 3.01. The third-order valence-corrected chi connectivity index (χ3v) is 5.86. The molecule has 1 aromatic heterocycles. The molecule has 0 fully saturated rings. The van der Waals surface area contributed by atoms with Crippen LogP contribution >= 0.6 is 11.8 Å². The lowest BCUT2D eigenvalue weighted by atomic mass is 10.0. The van der Waals surface area contributed by atoms with Crippen LogP contribution in [-0.4, -0.2) is 26.0 Å². The molecule has 0 radical (unpaired) electrons. The Balaban J connectivity index is 1.72. The van der Waals surface area contributed by atoms with Crippen molar-refractivity contribution >= 4 is 17.5 Å². The average molecular weight is 418 g/mol. The lowest BCUT2D eigenvalue weighted by Gasteiger charge is -2.16. The Kier molecular flexibility index (Phi) is 5.72. The lowest BCUT2D eigenvalue weighted by molar-refractivity contribution is 0.0989. The smallest absolute Gasteiger partial charge is 0.215 e. The number of aryl methyl sites for hydroxylation is 2. The second-order valence-electron chi connectivity index (χ2n) is 6.99. The Bertz CT molecular complexity index is 1170. The molecule has 3 aromatic carbocycles. The molecule has 0 bridgehead atoms. The number of halogens is 1. The molecule has 4 aromatic rings. The fraction of sp³-hybridized carbons (Fsp3) is 0.130. The van der Waals surface area contributed by atoms with Crippen molar-refractivity contribution in [3.63, 3.8) is 0 Å². The Labute approximate surface area is 177 Å². The van der Waals surface area contributed by atoms with Gasteiger partial charge in [-0.15, -0.1) is 5.10 Å². The maximum absolute atomic E-state index is 13.7. The summed E-state index contributed by atoms with van der Waals surface area (Å²) >= 11 is 1.24. The van der Waals surface area contributed by atoms with Crippen LogP contribution in [0.15, 0.2) is 78.0 Å². The number of aromatic nitrogens is 4. The summed E-state index contributed by atoms with van der Waals surface area (Å²) in [6.45, 7) is 3.98. The average Bonchev–Trinajstić information content (AvgIpc) is 3.21. The van der Waals surface area contributed by atoms with Gasteiger partial charge in [0.25, 0.3) is 0 Å². The van der Waals surface area contributed by atoms with E-state index in [9.17, 15) is 9.18 Å². The highest BCUT2D eigenvalue weighted by atomic mass is 32.2. The summed E-state index contributed by atoms with van der Waals surface area (Å²) in [4.78, 5) is 13.4. The van der Waals surface area contributed by atoms with Gasteiger partial charge in [0.2, 0.25) is 5.16 Å². The topological polar surface area (TPSA) is 60.7 Å². The van der Waals surface area contributed by atoms with Crippen molar-refractivity contribution in [3.05, 3.63) is 101 Å². The van der Waals surface area contributed by atoms with Crippen molar-refractivity contribution in [2.24, 2.45) is 0 Å². The number of carbonyl (C=O) groups is 1. The lowest BCUT2D eigenvalue weighted by Crippen LogP contribution is -2.11. The van der Waals surface area contributed by atoms with Crippen LogP contribution < -0.4 is 0 Å². The van der Waals surface area contributed by atoms with Gasteiger partial charge in [0.15, 0.2) is 5.78 Å². The Morgan fingerprint density at radius 1 is 0.967 bits per heavy atom. The SMILES string of the molecule is Cc1ccc(C(=O)C(Sc2nnnn2-c2cccc(F)c2)c2ccc(C)cc2)cc1. The first-order valence-corrected chi connectivity index (χ1v) is 10.3. The summed E-state index contributed by atoms with van der Waals surface area (Å²) in [5.41, 5.74) is 4.15. The molecular weight excluding hydrogens is 399 g/mol. The van der Waals surface area contributed by atoms with Crippen LogP contribution in [0.2, 0.25) is 0 Å². The third kappa shape index (κ3) is 4.31. The molecule has 30 heavy (non-hydrogen) atoms. The fourth-order valence-corrected chi connectivity index (χ4v) is 4.08. The molecule has 7 heteroatoms. The monoisotopic (exact) mass is 418 g/mol. The molecule has 0 aliphatic heterocycles. The van der Waals surface area contributed by atoms with Crippen LogP contribution in [-0.2, 0) is 0 Å². The minimum atomic E-state index is -0.549. The van der Waals surface area contributed by atoms with E-state index in [0.29, 0.717) is 16.4 Å². The minimum absolute atomic E-state index is 0.0438. The third-order valence-electron chi connectivity index (χ3n) is 4.67. The van der Waals surface area contributed by atoms with E-state index in [4.69, 9.17) is 0 Å². The summed E-state index contributed by atoms with van der Waals surface area (Å²) in [5, 5.41) is 11.7. The summed E-state index contributed by atoms with van der Waals surface area (Å²) in [6.07, 6.45) is 0. The first-order valence-electron chi connectivity index (χ1n) is 9.40. The molecular formula is C23H19FN4OS. The number of hydrogen-bond acceptors (Lipinski definition) is 5. The standard InChI is InChI=1S/C23H19FN4OS/c1-15-6-10-17(11-7-15)21(29)22(18-12-8-16(2)9-13-18)30-23-25-26-27-28(23)20-5-3-4-19(24)14-20/h3-14,22H,1-2H3. The van der Waals surface area contributed by atoms with Gasteiger partial charge in [-0.1, -0.05) is 77.5 Å². The molecule has 0 amide bonds. The molecule has 0 aliphatic carbocycles. The number of hydrogen-bond donors (Lipinski definition) is 0. The second-order valence-corrected chi connectivity index (χ2v) is 8.06. The first-order chi connectivity index (χ1) is 14.5. The molecule has 0 N–H and O–H groups in total. The molecule has 0 aliphatic rings. The van der Waals surface area contributed by atoms with E-state index in [1.165, 1.54) is 28.6 Å². The maximum Gasteiger partial charge on any atom is 0.215 e. The predicted octanol–water partition coefficient (Wildman–Crippen LogP) is 5.13. The number of rotatable bonds is 6. The highest BCUT2D eigenvalue weighted by molar-refractivity contribution is 8.00. The zero-order chi connectivity index (χ0) is 21.1. The van der Waals surface area contributed by atoms with Crippen LogP contribution in [0.1, 0.15) is 32.3 Å². The zero-order valence-corrected chi connectivity index (χ0v) is 17.3. The molecule has 150 valence electrons. The van der Waals surface area contributed by atoms with Crippen LogP contribution in [0.25, 0.3) is 5.69 Å². The summed E-state index contributed by atoms with van der Waals surface area (Å²) in [5.74, 6) is -0.428. The van der Waals surface area contributed by atoms with E-state index in [2.05, 4.69) is 15.5 Å². The molecule has 5 nitrogen and oxygen atoms in total. The molecule has 4 rings (SSSR count). The number of benzene rings is 3. The molecule has 0 saturated carbocycles. The van der Waals surface area contributed by atoms with E-state index in [0.717, 1.165) is 16.7 Å². The minimum Gasteiger partial charge on any atom is -0.293 e. The summed E-state index contributed by atoms with van der Waals surface area (Å²) in [6, 6.07) is 21.3. The van der Waals surface area contributed by atoms with Crippen LogP contribution in [0.5, 0.6) is 0 Å². The number of tetrazole rings is 1.